The minimum absolute atomic E-state index is 0.502. The van der Waals surface area contributed by atoms with Crippen molar-refractivity contribution in [3.63, 3.8) is 0 Å². The Morgan fingerprint density at radius 2 is 1.81 bits per heavy atom. The van der Waals surface area contributed by atoms with Crippen LogP contribution in [0.25, 0.3) is 0 Å². The Morgan fingerprint density at radius 1 is 1.10 bits per heavy atom. The average Bonchev–Trinajstić information content (AvgIpc) is 2.94. The molecular formula is C16H23N3O2. The third-order valence-corrected chi connectivity index (χ3v) is 3.04. The van der Waals surface area contributed by atoms with Crippen LogP contribution in [-0.2, 0) is 13.0 Å². The van der Waals surface area contributed by atoms with E-state index in [-0.39, 0.29) is 0 Å². The largest absolute Gasteiger partial charge is 0.490 e. The molecule has 21 heavy (non-hydrogen) atoms. The van der Waals surface area contributed by atoms with E-state index in [2.05, 4.69) is 12.0 Å². The quantitative estimate of drug-likeness (QED) is 0.719. The summed E-state index contributed by atoms with van der Waals surface area (Å²) < 4.78 is 13.1. The van der Waals surface area contributed by atoms with Gasteiger partial charge in [-0.1, -0.05) is 19.1 Å². The van der Waals surface area contributed by atoms with Crippen LogP contribution in [0.5, 0.6) is 11.5 Å². The predicted molar refractivity (Wildman–Crippen MR) is 82.7 cm³/mol. The van der Waals surface area contributed by atoms with Crippen LogP contribution < -0.4 is 15.2 Å². The Kier molecular flexibility index (Phi) is 6.09. The van der Waals surface area contributed by atoms with Gasteiger partial charge in [0.1, 0.15) is 19.0 Å². The molecule has 0 radical (unpaired) electrons. The summed E-state index contributed by atoms with van der Waals surface area (Å²) in [6, 6.07) is 8.00. The normalized spacial score (nSPS) is 10.6. The zero-order valence-electron chi connectivity index (χ0n) is 12.5. The number of nitrogens with zero attached hydrogens (tertiary/aromatic N) is 2. The maximum Gasteiger partial charge on any atom is 0.157 e. The zero-order chi connectivity index (χ0) is 14.9. The van der Waals surface area contributed by atoms with Crippen LogP contribution in [0.1, 0.15) is 18.9 Å². The Hall–Kier alpha value is -2.01. The van der Waals surface area contributed by atoms with E-state index in [1.807, 2.05) is 35.1 Å². The van der Waals surface area contributed by atoms with Crippen molar-refractivity contribution >= 4 is 0 Å². The SMILES string of the molecule is CCCn1cc(OCCOc2ccc(CCN)cc2)cn1. The van der Waals surface area contributed by atoms with Gasteiger partial charge in [-0.3, -0.25) is 4.68 Å². The smallest absolute Gasteiger partial charge is 0.157 e. The van der Waals surface area contributed by atoms with Gasteiger partial charge < -0.3 is 15.2 Å². The lowest BCUT2D eigenvalue weighted by molar-refractivity contribution is 0.217. The van der Waals surface area contributed by atoms with Gasteiger partial charge in [-0.05, 0) is 37.1 Å². The zero-order valence-corrected chi connectivity index (χ0v) is 12.5. The monoisotopic (exact) mass is 289 g/mol. The molecule has 0 atom stereocenters. The van der Waals surface area contributed by atoms with Crippen LogP contribution in [0, 0.1) is 0 Å². The average molecular weight is 289 g/mol. The molecule has 1 aromatic carbocycles. The summed E-state index contributed by atoms with van der Waals surface area (Å²) in [5, 5.41) is 4.21. The highest BCUT2D eigenvalue weighted by atomic mass is 16.5. The number of benzene rings is 1. The maximum absolute atomic E-state index is 5.63. The van der Waals surface area contributed by atoms with Gasteiger partial charge in [-0.2, -0.15) is 5.10 Å². The van der Waals surface area contributed by atoms with E-state index in [0.29, 0.717) is 19.8 Å². The van der Waals surface area contributed by atoms with Crippen molar-refractivity contribution in [1.29, 1.82) is 0 Å². The van der Waals surface area contributed by atoms with Gasteiger partial charge in [0.15, 0.2) is 5.75 Å². The fourth-order valence-corrected chi connectivity index (χ4v) is 2.01. The lowest BCUT2D eigenvalue weighted by Gasteiger charge is -2.07. The fraction of sp³-hybridized carbons (Fsp3) is 0.438. The van der Waals surface area contributed by atoms with Crippen LogP contribution in [0.2, 0.25) is 0 Å². The van der Waals surface area contributed by atoms with Gasteiger partial charge in [-0.15, -0.1) is 0 Å². The summed E-state index contributed by atoms with van der Waals surface area (Å²) in [4.78, 5) is 0. The Balaban J connectivity index is 1.68. The van der Waals surface area contributed by atoms with Crippen LogP contribution in [0.3, 0.4) is 0 Å². The molecule has 5 heteroatoms. The number of hydrogen-bond acceptors (Lipinski definition) is 4. The van der Waals surface area contributed by atoms with E-state index in [9.17, 15) is 0 Å². The van der Waals surface area contributed by atoms with Gasteiger partial charge in [0.2, 0.25) is 0 Å². The van der Waals surface area contributed by atoms with Crippen molar-refractivity contribution < 1.29 is 9.47 Å². The van der Waals surface area contributed by atoms with Gasteiger partial charge in [-0.25, -0.2) is 0 Å². The molecule has 0 aliphatic rings. The number of nitrogens with two attached hydrogens (primary N) is 1. The van der Waals surface area contributed by atoms with Gasteiger partial charge in [0.05, 0.1) is 12.4 Å². The minimum atomic E-state index is 0.502. The summed E-state index contributed by atoms with van der Waals surface area (Å²) in [6.07, 6.45) is 5.60. The van der Waals surface area contributed by atoms with E-state index >= 15 is 0 Å². The third kappa shape index (κ3) is 5.11. The summed E-state index contributed by atoms with van der Waals surface area (Å²) in [5.41, 5.74) is 6.74. The lowest BCUT2D eigenvalue weighted by Crippen LogP contribution is -2.09. The van der Waals surface area contributed by atoms with Crippen LogP contribution in [0.4, 0.5) is 0 Å². The molecule has 5 nitrogen and oxygen atoms in total. The molecule has 0 unspecified atom stereocenters. The maximum atomic E-state index is 5.63. The van der Waals surface area contributed by atoms with Crippen molar-refractivity contribution in [2.75, 3.05) is 19.8 Å². The summed E-state index contributed by atoms with van der Waals surface area (Å²) in [5.74, 6) is 1.63. The molecule has 2 N–H and O–H groups in total. The third-order valence-electron chi connectivity index (χ3n) is 3.04. The van der Waals surface area contributed by atoms with Gasteiger partial charge >= 0.3 is 0 Å². The lowest BCUT2D eigenvalue weighted by atomic mass is 10.1. The second-order valence-corrected chi connectivity index (χ2v) is 4.82. The van der Waals surface area contributed by atoms with Gasteiger partial charge in [0.25, 0.3) is 0 Å². The first kappa shape index (κ1) is 15.4. The van der Waals surface area contributed by atoms with E-state index in [0.717, 1.165) is 30.9 Å². The highest BCUT2D eigenvalue weighted by molar-refractivity contribution is 5.27. The molecule has 0 amide bonds. The summed E-state index contributed by atoms with van der Waals surface area (Å²) in [7, 11) is 0. The number of rotatable bonds is 9. The predicted octanol–water partition coefficient (Wildman–Crippen LogP) is 2.25. The molecule has 0 aliphatic carbocycles. The van der Waals surface area contributed by atoms with E-state index in [4.69, 9.17) is 15.2 Å². The molecular weight excluding hydrogens is 266 g/mol. The van der Waals surface area contributed by atoms with E-state index in [1.165, 1.54) is 5.56 Å². The summed E-state index contributed by atoms with van der Waals surface area (Å²) >= 11 is 0. The summed E-state index contributed by atoms with van der Waals surface area (Å²) in [6.45, 7) is 4.71. The van der Waals surface area contributed by atoms with Crippen molar-refractivity contribution in [3.05, 3.63) is 42.2 Å². The van der Waals surface area contributed by atoms with Gasteiger partial charge in [0, 0.05) is 6.54 Å². The Labute approximate surface area is 125 Å². The van der Waals surface area contributed by atoms with E-state index < -0.39 is 0 Å². The second kappa shape index (κ2) is 8.32. The molecule has 0 saturated carbocycles. The Bertz CT molecular complexity index is 523. The van der Waals surface area contributed by atoms with Crippen LogP contribution in [-0.4, -0.2) is 29.5 Å². The molecule has 114 valence electrons. The van der Waals surface area contributed by atoms with Crippen molar-refractivity contribution in [1.82, 2.24) is 9.78 Å². The van der Waals surface area contributed by atoms with Crippen LogP contribution >= 0.6 is 0 Å². The molecule has 2 aromatic rings. The standard InChI is InChI=1S/C16H23N3O2/c1-2-9-19-13-16(12-18-19)21-11-10-20-15-5-3-14(4-6-15)7-8-17/h3-6,12-13H,2,7-11,17H2,1H3. The number of ether oxygens (including phenoxy) is 2. The van der Waals surface area contributed by atoms with E-state index in [1.54, 1.807) is 6.20 Å². The molecule has 0 spiro atoms. The van der Waals surface area contributed by atoms with Crippen LogP contribution in [0.15, 0.2) is 36.7 Å². The first-order valence-electron chi connectivity index (χ1n) is 7.39. The topological polar surface area (TPSA) is 62.3 Å². The molecule has 1 heterocycles. The molecule has 0 fully saturated rings. The molecule has 0 aliphatic heterocycles. The second-order valence-electron chi connectivity index (χ2n) is 4.82. The minimum Gasteiger partial charge on any atom is -0.490 e. The van der Waals surface area contributed by atoms with Crippen molar-refractivity contribution in [3.8, 4) is 11.5 Å². The number of aromatic nitrogens is 2. The van der Waals surface area contributed by atoms with Crippen molar-refractivity contribution in [2.45, 2.75) is 26.3 Å². The highest BCUT2D eigenvalue weighted by Crippen LogP contribution is 2.13. The molecule has 2 rings (SSSR count). The van der Waals surface area contributed by atoms with Crippen molar-refractivity contribution in [2.24, 2.45) is 5.73 Å². The highest BCUT2D eigenvalue weighted by Gasteiger charge is 1.99. The molecule has 1 aromatic heterocycles. The number of hydrogen-bond donors (Lipinski definition) is 1. The first-order chi connectivity index (χ1) is 10.3. The molecule has 0 saturated heterocycles. The fourth-order valence-electron chi connectivity index (χ4n) is 2.01. The molecule has 0 bridgehead atoms. The number of aryl methyl sites for hydroxylation is 1. The Morgan fingerprint density at radius 3 is 2.48 bits per heavy atom. The first-order valence-corrected chi connectivity index (χ1v) is 7.39.